The lowest BCUT2D eigenvalue weighted by atomic mass is 9.44. The third-order valence-corrected chi connectivity index (χ3v) is 13.6. The van der Waals surface area contributed by atoms with E-state index in [1.807, 2.05) is 13.8 Å². The molecule has 1 aliphatic heterocycles. The average Bonchev–Trinajstić information content (AvgIpc) is 3.65. The second-order valence-corrected chi connectivity index (χ2v) is 15.6. The Balaban J connectivity index is 1.48. The Morgan fingerprint density at radius 1 is 1.00 bits per heavy atom. The van der Waals surface area contributed by atoms with Gasteiger partial charge in [0.1, 0.15) is 24.4 Å². The summed E-state index contributed by atoms with van der Waals surface area (Å²) < 4.78 is 30.2. The summed E-state index contributed by atoms with van der Waals surface area (Å²) in [6.45, 7) is 12.9. The maximum atomic E-state index is 12.4. The van der Waals surface area contributed by atoms with Crippen molar-refractivity contribution in [1.29, 1.82) is 0 Å². The van der Waals surface area contributed by atoms with Gasteiger partial charge in [-0.05, 0) is 87.4 Å². The van der Waals surface area contributed by atoms with Crippen LogP contribution in [0.25, 0.3) is 0 Å². The van der Waals surface area contributed by atoms with E-state index in [-0.39, 0.29) is 35.7 Å². The first-order chi connectivity index (χ1) is 20.0. The zero-order valence-electron chi connectivity index (χ0n) is 27.8. The van der Waals surface area contributed by atoms with Crippen molar-refractivity contribution in [3.63, 3.8) is 0 Å². The van der Waals surface area contributed by atoms with Gasteiger partial charge in [0, 0.05) is 52.2 Å². The van der Waals surface area contributed by atoms with Crippen LogP contribution in [0.5, 0.6) is 0 Å². The predicted molar refractivity (Wildman–Crippen MR) is 159 cm³/mol. The van der Waals surface area contributed by atoms with Gasteiger partial charge in [-0.1, -0.05) is 20.8 Å². The molecular formula is C34H56O9. The lowest BCUT2D eigenvalue weighted by molar-refractivity contribution is -0.262. The maximum absolute atomic E-state index is 12.4. The maximum Gasteiger partial charge on any atom is 0.303 e. The molecule has 0 amide bonds. The molecule has 9 heteroatoms. The second-order valence-electron chi connectivity index (χ2n) is 15.6. The number of rotatable bonds is 9. The Bertz CT molecular complexity index is 1070. The second kappa shape index (κ2) is 11.2. The molecule has 2 N–H and O–H groups in total. The number of aliphatic hydroxyl groups is 2. The molecule has 5 aliphatic rings. The van der Waals surface area contributed by atoms with Gasteiger partial charge in [0.05, 0.1) is 11.7 Å². The Morgan fingerprint density at radius 3 is 2.26 bits per heavy atom. The van der Waals surface area contributed by atoms with E-state index in [2.05, 4.69) is 6.92 Å². The number of esters is 2. The first-order valence-corrected chi connectivity index (χ1v) is 16.5. The number of methoxy groups -OCH3 is 2. The molecule has 0 radical (unpaired) electrons. The van der Waals surface area contributed by atoms with E-state index < -0.39 is 46.7 Å². The molecule has 1 saturated heterocycles. The molecule has 0 aromatic heterocycles. The minimum Gasteiger partial charge on any atom is -0.465 e. The fraction of sp³-hybridized carbons (Fsp3) is 0.941. The highest BCUT2D eigenvalue weighted by Crippen LogP contribution is 2.74. The van der Waals surface area contributed by atoms with E-state index in [1.165, 1.54) is 13.8 Å². The number of epoxide rings is 1. The van der Waals surface area contributed by atoms with E-state index in [4.69, 9.17) is 23.7 Å². The minimum absolute atomic E-state index is 0.111. The topological polar surface area (TPSA) is 124 Å². The van der Waals surface area contributed by atoms with Gasteiger partial charge in [-0.25, -0.2) is 0 Å². The van der Waals surface area contributed by atoms with Gasteiger partial charge < -0.3 is 33.9 Å². The molecule has 4 saturated carbocycles. The van der Waals surface area contributed by atoms with Crippen molar-refractivity contribution in [1.82, 2.24) is 0 Å². The number of aliphatic hydroxyl groups excluding tert-OH is 1. The number of ether oxygens (including phenoxy) is 5. The molecule has 9 nitrogen and oxygen atoms in total. The molecule has 0 aromatic carbocycles. The summed E-state index contributed by atoms with van der Waals surface area (Å²) in [5.74, 6) is -0.280. The molecule has 12 atom stereocenters. The first-order valence-electron chi connectivity index (χ1n) is 16.5. The molecule has 0 bridgehead atoms. The summed E-state index contributed by atoms with van der Waals surface area (Å²) in [5.41, 5.74) is -2.42. The summed E-state index contributed by atoms with van der Waals surface area (Å²) >= 11 is 0. The van der Waals surface area contributed by atoms with Gasteiger partial charge >= 0.3 is 11.9 Å². The van der Waals surface area contributed by atoms with Gasteiger partial charge in [-0.3, -0.25) is 9.59 Å². The minimum atomic E-state index is -0.999. The lowest BCUT2D eigenvalue weighted by Gasteiger charge is -2.62. The fourth-order valence-corrected chi connectivity index (χ4v) is 10.7. The summed E-state index contributed by atoms with van der Waals surface area (Å²) in [6, 6.07) is 0. The molecule has 1 heterocycles. The van der Waals surface area contributed by atoms with Crippen molar-refractivity contribution in [2.24, 2.45) is 46.3 Å². The third kappa shape index (κ3) is 5.08. The lowest BCUT2D eigenvalue weighted by Crippen LogP contribution is -2.59. The van der Waals surface area contributed by atoms with Gasteiger partial charge in [0.2, 0.25) is 0 Å². The van der Waals surface area contributed by atoms with Crippen LogP contribution >= 0.6 is 0 Å². The largest absolute Gasteiger partial charge is 0.465 e. The number of hydrogen-bond donors (Lipinski definition) is 2. The Labute approximate surface area is 257 Å². The van der Waals surface area contributed by atoms with Gasteiger partial charge in [0.15, 0.2) is 5.79 Å². The van der Waals surface area contributed by atoms with Crippen molar-refractivity contribution in [3.05, 3.63) is 0 Å². The van der Waals surface area contributed by atoms with Crippen LogP contribution in [-0.2, 0) is 33.3 Å². The Morgan fingerprint density at radius 2 is 1.67 bits per heavy atom. The fourth-order valence-electron chi connectivity index (χ4n) is 10.7. The zero-order valence-corrected chi connectivity index (χ0v) is 27.8. The average molecular weight is 609 g/mol. The van der Waals surface area contributed by atoms with Gasteiger partial charge in [0.25, 0.3) is 0 Å². The Kier molecular flexibility index (Phi) is 8.64. The monoisotopic (exact) mass is 608 g/mol. The molecule has 12 unspecified atom stereocenters. The van der Waals surface area contributed by atoms with E-state index in [0.717, 1.165) is 44.9 Å². The van der Waals surface area contributed by atoms with Crippen molar-refractivity contribution < 1.29 is 43.5 Å². The summed E-state index contributed by atoms with van der Waals surface area (Å²) in [4.78, 5) is 24.6. The number of carbonyl (C=O) groups excluding carboxylic acids is 2. The zero-order chi connectivity index (χ0) is 31.8. The summed E-state index contributed by atoms with van der Waals surface area (Å²) in [6.07, 6.45) is 5.21. The van der Waals surface area contributed by atoms with Crippen LogP contribution in [0, 0.1) is 46.3 Å². The highest BCUT2D eigenvalue weighted by Gasteiger charge is 2.82. The predicted octanol–water partition coefficient (Wildman–Crippen LogP) is 4.64. The molecule has 1 spiro atoms. The number of carbonyl (C=O) groups is 2. The van der Waals surface area contributed by atoms with Crippen LogP contribution in [0.3, 0.4) is 0 Å². The smallest absolute Gasteiger partial charge is 0.303 e. The van der Waals surface area contributed by atoms with Crippen molar-refractivity contribution in [2.45, 2.75) is 135 Å². The molecule has 246 valence electrons. The van der Waals surface area contributed by atoms with Crippen molar-refractivity contribution >= 4 is 11.9 Å². The molecule has 4 aliphatic carbocycles. The summed E-state index contributed by atoms with van der Waals surface area (Å²) in [7, 11) is 3.50. The Hall–Kier alpha value is -1.26. The SMILES string of the molecule is COC1(OC)CCC2(C)C(CCC3C2CCC2(COC(C)=O)C3CC(O)C23OC3C(OC(C)=O)C(C)C(C)C(C)(C)O)C1. The van der Waals surface area contributed by atoms with Gasteiger partial charge in [-0.2, -0.15) is 0 Å². The van der Waals surface area contributed by atoms with E-state index in [0.29, 0.717) is 24.2 Å². The summed E-state index contributed by atoms with van der Waals surface area (Å²) in [5, 5.41) is 22.8. The molecule has 5 fully saturated rings. The van der Waals surface area contributed by atoms with Gasteiger partial charge in [-0.15, -0.1) is 0 Å². The number of fused-ring (bicyclic) bond motifs is 6. The van der Waals surface area contributed by atoms with E-state index >= 15 is 0 Å². The van der Waals surface area contributed by atoms with Crippen LogP contribution in [0.15, 0.2) is 0 Å². The molecule has 0 aromatic rings. The number of hydrogen-bond acceptors (Lipinski definition) is 9. The van der Waals surface area contributed by atoms with E-state index in [9.17, 15) is 19.8 Å². The molecular weight excluding hydrogens is 552 g/mol. The third-order valence-electron chi connectivity index (χ3n) is 13.6. The van der Waals surface area contributed by atoms with Crippen LogP contribution in [0.1, 0.15) is 99.8 Å². The highest BCUT2D eigenvalue weighted by molar-refractivity contribution is 5.66. The van der Waals surface area contributed by atoms with Crippen LogP contribution in [0.2, 0.25) is 0 Å². The quantitative estimate of drug-likeness (QED) is 0.219. The highest BCUT2D eigenvalue weighted by atomic mass is 16.7. The van der Waals surface area contributed by atoms with Crippen LogP contribution in [0.4, 0.5) is 0 Å². The molecule has 43 heavy (non-hydrogen) atoms. The van der Waals surface area contributed by atoms with E-state index in [1.54, 1.807) is 28.1 Å². The van der Waals surface area contributed by atoms with Crippen LogP contribution < -0.4 is 0 Å². The standard InChI is InChI=1S/C34H56O9/c1-19(20(2)30(5,6)38)28(42-22(4)36)29-34(43-29)27(37)16-26-24-11-10-23-17-33(39-8,40-9)15-14-31(23,7)25(24)12-13-32(26,34)18-41-21(3)35/h19-20,23-29,37-38H,10-18H2,1-9H3. The first kappa shape index (κ1) is 33.1. The molecule has 5 rings (SSSR count). The normalized spacial score (nSPS) is 43.5. The van der Waals surface area contributed by atoms with Crippen LogP contribution in [-0.4, -0.2) is 78.3 Å². The van der Waals surface area contributed by atoms with Crippen molar-refractivity contribution in [3.8, 4) is 0 Å². The van der Waals surface area contributed by atoms with Crippen molar-refractivity contribution in [2.75, 3.05) is 20.8 Å².